The highest BCUT2D eigenvalue weighted by molar-refractivity contribution is 7.98. The highest BCUT2D eigenvalue weighted by Crippen LogP contribution is 2.24. The van der Waals surface area contributed by atoms with Crippen LogP contribution in [-0.4, -0.2) is 48.0 Å². The largest absolute Gasteiger partial charge is 0.363 e. The summed E-state index contributed by atoms with van der Waals surface area (Å²) in [4.78, 5) is 25.1. The van der Waals surface area contributed by atoms with Gasteiger partial charge in [-0.2, -0.15) is 0 Å². The molecule has 3 rings (SSSR count). The molecule has 2 aromatic rings. The zero-order valence-electron chi connectivity index (χ0n) is 14.4. The molecule has 2 heterocycles. The summed E-state index contributed by atoms with van der Waals surface area (Å²) in [5.41, 5.74) is 1.83. The molecule has 0 aliphatic carbocycles. The monoisotopic (exact) mass is 376 g/mol. The van der Waals surface area contributed by atoms with E-state index in [2.05, 4.69) is 9.97 Å². The van der Waals surface area contributed by atoms with Crippen LogP contribution >= 0.6 is 23.4 Å². The van der Waals surface area contributed by atoms with Crippen molar-refractivity contribution in [2.24, 2.45) is 0 Å². The molecule has 0 bridgehead atoms. The highest BCUT2D eigenvalue weighted by atomic mass is 35.5. The Balaban J connectivity index is 1.69. The van der Waals surface area contributed by atoms with E-state index in [-0.39, 0.29) is 5.91 Å². The Hall–Kier alpha value is -1.79. The van der Waals surface area contributed by atoms with Gasteiger partial charge in [-0.25, -0.2) is 9.97 Å². The number of hydrogen-bond donors (Lipinski definition) is 0. The third-order valence-corrected chi connectivity index (χ3v) is 5.17. The van der Waals surface area contributed by atoms with E-state index in [9.17, 15) is 4.79 Å². The Labute approximate surface area is 157 Å². The molecule has 0 unspecified atom stereocenters. The molecule has 1 fully saturated rings. The summed E-state index contributed by atoms with van der Waals surface area (Å²) in [5.74, 6) is 1.59. The minimum Gasteiger partial charge on any atom is -0.363 e. The van der Waals surface area contributed by atoms with Crippen molar-refractivity contribution in [3.05, 3.63) is 46.6 Å². The van der Waals surface area contributed by atoms with Crippen LogP contribution in [0, 0.1) is 0 Å². The van der Waals surface area contributed by atoms with Crippen molar-refractivity contribution in [1.82, 2.24) is 14.9 Å². The van der Waals surface area contributed by atoms with Gasteiger partial charge in [-0.3, -0.25) is 4.79 Å². The topological polar surface area (TPSA) is 49.3 Å². The first-order valence-corrected chi connectivity index (χ1v) is 9.62. The second kappa shape index (κ2) is 8.06. The third-order valence-electron chi connectivity index (χ3n) is 4.05. The minimum absolute atomic E-state index is 0.123. The van der Waals surface area contributed by atoms with Crippen LogP contribution in [0.25, 0.3) is 0 Å². The van der Waals surface area contributed by atoms with E-state index in [0.29, 0.717) is 16.1 Å². The van der Waals surface area contributed by atoms with Crippen LogP contribution in [-0.2, 0) is 5.75 Å². The minimum atomic E-state index is 0.123. The summed E-state index contributed by atoms with van der Waals surface area (Å²) in [6, 6.07) is 9.54. The molecule has 1 aliphatic rings. The van der Waals surface area contributed by atoms with Crippen LogP contribution < -0.4 is 4.90 Å². The summed E-state index contributed by atoms with van der Waals surface area (Å²) in [6.45, 7) is 1.73. The SMILES string of the molecule is CN(C)c1cc(Cl)nc(SCc2cccc(C(=O)N3CCCC3)c2)n1. The summed E-state index contributed by atoms with van der Waals surface area (Å²) in [6.07, 6.45) is 2.20. The first-order chi connectivity index (χ1) is 12.0. The van der Waals surface area contributed by atoms with E-state index >= 15 is 0 Å². The number of thioether (sulfide) groups is 1. The van der Waals surface area contributed by atoms with Gasteiger partial charge in [-0.15, -0.1) is 0 Å². The highest BCUT2D eigenvalue weighted by Gasteiger charge is 2.19. The molecular weight excluding hydrogens is 356 g/mol. The molecule has 1 amide bonds. The third kappa shape index (κ3) is 4.64. The van der Waals surface area contributed by atoms with E-state index in [4.69, 9.17) is 11.6 Å². The fourth-order valence-electron chi connectivity index (χ4n) is 2.72. The molecule has 1 aliphatic heterocycles. The average Bonchev–Trinajstić information content (AvgIpc) is 3.13. The molecule has 0 saturated carbocycles. The van der Waals surface area contributed by atoms with Crippen molar-refractivity contribution in [1.29, 1.82) is 0 Å². The number of nitrogens with zero attached hydrogens (tertiary/aromatic N) is 4. The molecule has 132 valence electrons. The molecular formula is C18H21ClN4OS. The number of likely N-dealkylation sites (tertiary alicyclic amines) is 1. The first-order valence-electron chi connectivity index (χ1n) is 8.26. The Kier molecular flexibility index (Phi) is 5.81. The van der Waals surface area contributed by atoms with Gasteiger partial charge in [0.15, 0.2) is 5.16 Å². The van der Waals surface area contributed by atoms with Crippen LogP contribution in [0.5, 0.6) is 0 Å². The molecule has 1 aromatic heterocycles. The average molecular weight is 377 g/mol. The maximum atomic E-state index is 12.5. The Morgan fingerprint density at radius 3 is 2.72 bits per heavy atom. The van der Waals surface area contributed by atoms with Crippen molar-refractivity contribution < 1.29 is 4.79 Å². The Morgan fingerprint density at radius 1 is 1.24 bits per heavy atom. The number of rotatable bonds is 5. The predicted octanol–water partition coefficient (Wildman–Crippen LogP) is 3.72. The quantitative estimate of drug-likeness (QED) is 0.452. The normalized spacial score (nSPS) is 14.0. The molecule has 1 aromatic carbocycles. The zero-order valence-corrected chi connectivity index (χ0v) is 16.0. The molecule has 0 spiro atoms. The van der Waals surface area contributed by atoms with Crippen LogP contribution in [0.3, 0.4) is 0 Å². The molecule has 25 heavy (non-hydrogen) atoms. The van der Waals surface area contributed by atoms with Gasteiger partial charge in [0.1, 0.15) is 11.0 Å². The number of hydrogen-bond acceptors (Lipinski definition) is 5. The van der Waals surface area contributed by atoms with Crippen molar-refractivity contribution in [3.8, 4) is 0 Å². The van der Waals surface area contributed by atoms with Crippen molar-refractivity contribution in [3.63, 3.8) is 0 Å². The van der Waals surface area contributed by atoms with Gasteiger partial charge < -0.3 is 9.80 Å². The van der Waals surface area contributed by atoms with Gasteiger partial charge in [0, 0.05) is 44.6 Å². The summed E-state index contributed by atoms with van der Waals surface area (Å²) in [5, 5.41) is 1.06. The van der Waals surface area contributed by atoms with Gasteiger partial charge in [0.2, 0.25) is 0 Å². The number of carbonyl (C=O) groups excluding carboxylic acids is 1. The van der Waals surface area contributed by atoms with Crippen LogP contribution in [0.15, 0.2) is 35.5 Å². The number of benzene rings is 1. The lowest BCUT2D eigenvalue weighted by molar-refractivity contribution is 0.0792. The summed E-state index contributed by atoms with van der Waals surface area (Å²) in [7, 11) is 3.83. The predicted molar refractivity (Wildman–Crippen MR) is 103 cm³/mol. The lowest BCUT2D eigenvalue weighted by atomic mass is 10.1. The molecule has 0 N–H and O–H groups in total. The zero-order chi connectivity index (χ0) is 17.8. The van der Waals surface area contributed by atoms with Gasteiger partial charge in [0.25, 0.3) is 5.91 Å². The lowest BCUT2D eigenvalue weighted by Gasteiger charge is -2.15. The maximum absolute atomic E-state index is 12.5. The number of halogens is 1. The smallest absolute Gasteiger partial charge is 0.253 e. The van der Waals surface area contributed by atoms with Crippen molar-refractivity contribution >= 4 is 35.1 Å². The second-order valence-corrected chi connectivity index (χ2v) is 7.54. The lowest BCUT2D eigenvalue weighted by Crippen LogP contribution is -2.27. The van der Waals surface area contributed by atoms with Crippen LogP contribution in [0.1, 0.15) is 28.8 Å². The summed E-state index contributed by atoms with van der Waals surface area (Å²) < 4.78 is 0. The van der Waals surface area contributed by atoms with E-state index in [1.165, 1.54) is 11.8 Å². The van der Waals surface area contributed by atoms with Crippen molar-refractivity contribution in [2.45, 2.75) is 23.8 Å². The van der Waals surface area contributed by atoms with E-state index in [0.717, 1.165) is 42.9 Å². The number of carbonyl (C=O) groups is 1. The van der Waals surface area contributed by atoms with Crippen molar-refractivity contribution in [2.75, 3.05) is 32.1 Å². The van der Waals surface area contributed by atoms with Gasteiger partial charge in [0.05, 0.1) is 0 Å². The molecule has 0 radical (unpaired) electrons. The maximum Gasteiger partial charge on any atom is 0.253 e. The van der Waals surface area contributed by atoms with Crippen LogP contribution in [0.2, 0.25) is 5.15 Å². The van der Waals surface area contributed by atoms with Gasteiger partial charge in [-0.1, -0.05) is 35.5 Å². The Morgan fingerprint density at radius 2 is 2.00 bits per heavy atom. The number of anilines is 1. The number of amides is 1. The summed E-state index contributed by atoms with van der Waals surface area (Å²) >= 11 is 7.59. The van der Waals surface area contributed by atoms with Gasteiger partial charge >= 0.3 is 0 Å². The number of aromatic nitrogens is 2. The standard InChI is InChI=1S/C18H21ClN4OS/c1-22(2)16-11-15(19)20-18(21-16)25-12-13-6-5-7-14(10-13)17(24)23-8-3-4-9-23/h5-7,10-11H,3-4,8-9,12H2,1-2H3. The van der Waals surface area contributed by atoms with E-state index in [1.54, 1.807) is 6.07 Å². The first kappa shape index (κ1) is 18.0. The van der Waals surface area contributed by atoms with Crippen LogP contribution in [0.4, 0.5) is 5.82 Å². The molecule has 1 saturated heterocycles. The van der Waals surface area contributed by atoms with E-state index < -0.39 is 0 Å². The fraction of sp³-hybridized carbons (Fsp3) is 0.389. The van der Waals surface area contributed by atoms with E-state index in [1.807, 2.05) is 48.2 Å². The van der Waals surface area contributed by atoms with Gasteiger partial charge in [-0.05, 0) is 30.5 Å². The fourth-order valence-corrected chi connectivity index (χ4v) is 3.75. The molecule has 5 nitrogen and oxygen atoms in total. The Bertz CT molecular complexity index is 762. The second-order valence-electron chi connectivity index (χ2n) is 6.21. The molecule has 0 atom stereocenters. The molecule has 7 heteroatoms.